The van der Waals surface area contributed by atoms with Gasteiger partial charge in [-0.25, -0.2) is 15.0 Å². The fourth-order valence-corrected chi connectivity index (χ4v) is 3.92. The quantitative estimate of drug-likeness (QED) is 0.425. The molecule has 5 rings (SSSR count). The molecular formula is C23H16N6OS. The van der Waals surface area contributed by atoms with E-state index in [1.807, 2.05) is 41.8 Å². The number of para-hydroxylation sites is 1. The van der Waals surface area contributed by atoms with Crippen molar-refractivity contribution in [3.8, 4) is 22.0 Å². The highest BCUT2D eigenvalue weighted by Crippen LogP contribution is 2.32. The third-order valence-corrected chi connectivity index (χ3v) is 5.56. The zero-order valence-corrected chi connectivity index (χ0v) is 17.0. The number of carbonyl (C=O) groups is 1. The third-order valence-electron chi connectivity index (χ3n) is 4.74. The fraction of sp³-hybridized carbons (Fsp3) is 0. The summed E-state index contributed by atoms with van der Waals surface area (Å²) in [5, 5.41) is 6.93. The molecule has 1 amide bonds. The standard InChI is InChI=1S/C23H16N6OS/c24-20(30)16-5-1-2-6-18(16)28-22-17-12-14(23-26-10-11-31-23)7-8-19(17)27-21(29-22)15-4-3-9-25-13-15/h1-13H,(H2,24,30)(H,27,28,29). The lowest BCUT2D eigenvalue weighted by Crippen LogP contribution is -2.13. The number of amides is 1. The van der Waals surface area contributed by atoms with E-state index in [2.05, 4.69) is 15.3 Å². The van der Waals surface area contributed by atoms with Crippen LogP contribution in [-0.2, 0) is 0 Å². The van der Waals surface area contributed by atoms with Gasteiger partial charge < -0.3 is 11.1 Å². The van der Waals surface area contributed by atoms with Crippen molar-refractivity contribution in [1.82, 2.24) is 19.9 Å². The molecule has 0 unspecified atom stereocenters. The molecule has 2 aromatic carbocycles. The predicted molar refractivity (Wildman–Crippen MR) is 122 cm³/mol. The number of fused-ring (bicyclic) bond motifs is 1. The first-order chi connectivity index (χ1) is 15.2. The van der Waals surface area contributed by atoms with Gasteiger partial charge in [-0.15, -0.1) is 11.3 Å². The molecule has 0 bridgehead atoms. The molecule has 0 saturated carbocycles. The maximum atomic E-state index is 11.9. The number of benzene rings is 2. The zero-order chi connectivity index (χ0) is 21.2. The second-order valence-corrected chi connectivity index (χ2v) is 7.64. The van der Waals surface area contributed by atoms with Crippen molar-refractivity contribution in [2.75, 3.05) is 5.32 Å². The van der Waals surface area contributed by atoms with Crippen molar-refractivity contribution in [1.29, 1.82) is 0 Å². The van der Waals surface area contributed by atoms with Crippen molar-refractivity contribution in [2.24, 2.45) is 5.73 Å². The van der Waals surface area contributed by atoms with E-state index in [-0.39, 0.29) is 0 Å². The summed E-state index contributed by atoms with van der Waals surface area (Å²) in [6.07, 6.45) is 5.19. The highest BCUT2D eigenvalue weighted by atomic mass is 32.1. The minimum Gasteiger partial charge on any atom is -0.366 e. The molecule has 0 aliphatic carbocycles. The molecular weight excluding hydrogens is 408 g/mol. The normalized spacial score (nSPS) is 10.8. The number of aromatic nitrogens is 4. The Hall–Kier alpha value is -4.17. The Labute approximate surface area is 181 Å². The van der Waals surface area contributed by atoms with Crippen LogP contribution in [0.3, 0.4) is 0 Å². The molecule has 0 spiro atoms. The van der Waals surface area contributed by atoms with Gasteiger partial charge in [-0.05, 0) is 42.5 Å². The van der Waals surface area contributed by atoms with Crippen molar-refractivity contribution in [3.63, 3.8) is 0 Å². The summed E-state index contributed by atoms with van der Waals surface area (Å²) in [7, 11) is 0. The maximum Gasteiger partial charge on any atom is 0.250 e. The van der Waals surface area contributed by atoms with Gasteiger partial charge in [-0.1, -0.05) is 12.1 Å². The summed E-state index contributed by atoms with van der Waals surface area (Å²) in [6, 6.07) is 16.7. The molecule has 3 aromatic heterocycles. The summed E-state index contributed by atoms with van der Waals surface area (Å²) in [6.45, 7) is 0. The van der Waals surface area contributed by atoms with Crippen LogP contribution in [0.5, 0.6) is 0 Å². The molecule has 150 valence electrons. The Bertz CT molecular complexity index is 1390. The van der Waals surface area contributed by atoms with E-state index in [9.17, 15) is 4.79 Å². The molecule has 7 nitrogen and oxygen atoms in total. The average Bonchev–Trinajstić information content (AvgIpc) is 3.34. The number of nitrogens with zero attached hydrogens (tertiary/aromatic N) is 4. The van der Waals surface area contributed by atoms with Gasteiger partial charge in [0, 0.05) is 40.5 Å². The number of nitrogens with one attached hydrogen (secondary N) is 1. The van der Waals surface area contributed by atoms with Crippen molar-refractivity contribution in [3.05, 3.63) is 84.1 Å². The Morgan fingerprint density at radius 2 is 1.87 bits per heavy atom. The van der Waals surface area contributed by atoms with Crippen LogP contribution in [0.2, 0.25) is 0 Å². The van der Waals surface area contributed by atoms with Crippen LogP contribution < -0.4 is 11.1 Å². The largest absolute Gasteiger partial charge is 0.366 e. The van der Waals surface area contributed by atoms with Crippen LogP contribution in [-0.4, -0.2) is 25.8 Å². The molecule has 8 heteroatoms. The average molecular weight is 424 g/mol. The molecule has 3 heterocycles. The topological polar surface area (TPSA) is 107 Å². The van der Waals surface area contributed by atoms with Gasteiger partial charge in [0.2, 0.25) is 0 Å². The summed E-state index contributed by atoms with van der Waals surface area (Å²) >= 11 is 1.56. The third kappa shape index (κ3) is 3.72. The number of anilines is 2. The van der Waals surface area contributed by atoms with Crippen LogP contribution in [0.25, 0.3) is 32.9 Å². The van der Waals surface area contributed by atoms with Crippen LogP contribution in [0, 0.1) is 0 Å². The van der Waals surface area contributed by atoms with Crippen LogP contribution in [0.15, 0.2) is 78.6 Å². The molecule has 31 heavy (non-hydrogen) atoms. The SMILES string of the molecule is NC(=O)c1ccccc1Nc1nc(-c2cccnc2)nc2ccc(-c3nccs3)cc12. The summed E-state index contributed by atoms with van der Waals surface area (Å²) in [4.78, 5) is 30.0. The predicted octanol–water partition coefficient (Wildman–Crippen LogP) is 4.66. The van der Waals surface area contributed by atoms with Gasteiger partial charge in [-0.2, -0.15) is 0 Å². The second-order valence-electron chi connectivity index (χ2n) is 6.74. The molecule has 0 radical (unpaired) electrons. The number of nitrogens with two attached hydrogens (primary N) is 1. The first-order valence-corrected chi connectivity index (χ1v) is 10.3. The maximum absolute atomic E-state index is 11.9. The first kappa shape index (κ1) is 18.8. The van der Waals surface area contributed by atoms with Gasteiger partial charge in [-0.3, -0.25) is 9.78 Å². The van der Waals surface area contributed by atoms with Crippen LogP contribution in [0.1, 0.15) is 10.4 Å². The Kier molecular flexibility index (Phi) is 4.81. The smallest absolute Gasteiger partial charge is 0.250 e. The van der Waals surface area contributed by atoms with Gasteiger partial charge in [0.1, 0.15) is 10.8 Å². The second kappa shape index (κ2) is 7.92. The molecule has 0 aliphatic rings. The van der Waals surface area contributed by atoms with E-state index < -0.39 is 5.91 Å². The number of pyridine rings is 1. The molecule has 0 saturated heterocycles. The lowest BCUT2D eigenvalue weighted by atomic mass is 10.1. The van der Waals surface area contributed by atoms with Crippen LogP contribution >= 0.6 is 11.3 Å². The molecule has 5 aromatic rings. The molecule has 0 atom stereocenters. The monoisotopic (exact) mass is 424 g/mol. The molecule has 0 aliphatic heterocycles. The summed E-state index contributed by atoms with van der Waals surface area (Å²) in [5.41, 5.74) is 9.03. The van der Waals surface area contributed by atoms with Crippen molar-refractivity contribution < 1.29 is 4.79 Å². The molecule has 3 N–H and O–H groups in total. The number of primary amides is 1. The number of carbonyl (C=O) groups excluding carboxylic acids is 1. The number of hydrogen-bond acceptors (Lipinski definition) is 7. The Morgan fingerprint density at radius 1 is 0.968 bits per heavy atom. The Balaban J connectivity index is 1.71. The highest BCUT2D eigenvalue weighted by molar-refractivity contribution is 7.13. The van der Waals surface area contributed by atoms with Gasteiger partial charge in [0.25, 0.3) is 5.91 Å². The van der Waals surface area contributed by atoms with E-state index in [0.29, 0.717) is 22.9 Å². The van der Waals surface area contributed by atoms with Gasteiger partial charge in [0.05, 0.1) is 16.8 Å². The van der Waals surface area contributed by atoms with Gasteiger partial charge in [0.15, 0.2) is 5.82 Å². The number of rotatable bonds is 5. The summed E-state index contributed by atoms with van der Waals surface area (Å²) < 4.78 is 0. The fourth-order valence-electron chi connectivity index (χ4n) is 3.28. The Morgan fingerprint density at radius 3 is 2.65 bits per heavy atom. The van der Waals surface area contributed by atoms with E-state index in [1.165, 1.54) is 0 Å². The van der Waals surface area contributed by atoms with E-state index in [0.717, 1.165) is 27.0 Å². The van der Waals surface area contributed by atoms with Crippen molar-refractivity contribution in [2.45, 2.75) is 0 Å². The zero-order valence-electron chi connectivity index (χ0n) is 16.2. The minimum atomic E-state index is -0.516. The van der Waals surface area contributed by atoms with E-state index in [1.54, 1.807) is 48.1 Å². The van der Waals surface area contributed by atoms with E-state index in [4.69, 9.17) is 15.7 Å². The first-order valence-electron chi connectivity index (χ1n) is 9.47. The lowest BCUT2D eigenvalue weighted by Gasteiger charge is -2.13. The number of thiazole rings is 1. The van der Waals surface area contributed by atoms with E-state index >= 15 is 0 Å². The summed E-state index contributed by atoms with van der Waals surface area (Å²) in [5.74, 6) is 0.579. The minimum absolute atomic E-state index is 0.383. The number of hydrogen-bond donors (Lipinski definition) is 2. The highest BCUT2D eigenvalue weighted by Gasteiger charge is 2.14. The van der Waals surface area contributed by atoms with Crippen LogP contribution in [0.4, 0.5) is 11.5 Å². The van der Waals surface area contributed by atoms with Gasteiger partial charge >= 0.3 is 0 Å². The van der Waals surface area contributed by atoms with Crippen molar-refractivity contribution >= 4 is 39.7 Å². The molecule has 0 fully saturated rings. The lowest BCUT2D eigenvalue weighted by molar-refractivity contribution is 0.100.